The second kappa shape index (κ2) is 7.81. The normalized spacial score (nSPS) is 17.8. The lowest BCUT2D eigenvalue weighted by Gasteiger charge is -2.17. The number of nitrogens with one attached hydrogen (secondary N) is 1. The van der Waals surface area contributed by atoms with Gasteiger partial charge in [-0.3, -0.25) is 9.78 Å². The van der Waals surface area contributed by atoms with E-state index in [1.165, 1.54) is 0 Å². The number of methoxy groups -OCH3 is 1. The van der Waals surface area contributed by atoms with Crippen molar-refractivity contribution >= 4 is 33.4 Å². The van der Waals surface area contributed by atoms with Crippen LogP contribution in [0.1, 0.15) is 40.4 Å². The molecule has 1 fully saturated rings. The van der Waals surface area contributed by atoms with Gasteiger partial charge in [0.05, 0.1) is 28.1 Å². The first kappa shape index (κ1) is 18.8. The van der Waals surface area contributed by atoms with Crippen LogP contribution in [-0.2, 0) is 4.74 Å². The summed E-state index contributed by atoms with van der Waals surface area (Å²) >= 11 is 1.55. The van der Waals surface area contributed by atoms with E-state index in [1.54, 1.807) is 24.6 Å². The zero-order valence-electron chi connectivity index (χ0n) is 16.2. The molecule has 4 rings (SSSR count). The number of hydrogen-bond acceptors (Lipinski definition) is 7. The highest BCUT2D eigenvalue weighted by molar-refractivity contribution is 7.19. The third-order valence-corrected chi connectivity index (χ3v) is 5.99. The minimum absolute atomic E-state index is 0.0673. The second-order valence-corrected chi connectivity index (χ2v) is 8.24. The minimum atomic E-state index is -0.0778. The van der Waals surface area contributed by atoms with E-state index in [1.807, 2.05) is 43.0 Å². The lowest BCUT2D eigenvalue weighted by Crippen LogP contribution is -2.31. The SMILES string of the molecule is CO[C@H]1CCN(C(=O)c2nc(NC(C)c3ccccn3)nc3cc(C)sc23)C1. The van der Waals surface area contributed by atoms with Crippen molar-refractivity contribution in [2.45, 2.75) is 32.4 Å². The van der Waals surface area contributed by atoms with E-state index in [0.717, 1.165) is 27.2 Å². The number of carbonyl (C=O) groups is 1. The molecule has 3 aromatic heterocycles. The van der Waals surface area contributed by atoms with Crippen LogP contribution < -0.4 is 5.32 Å². The highest BCUT2D eigenvalue weighted by Crippen LogP contribution is 2.29. The molecular formula is C20H23N5O2S. The van der Waals surface area contributed by atoms with Gasteiger partial charge in [0.25, 0.3) is 5.91 Å². The van der Waals surface area contributed by atoms with Crippen LogP contribution in [0.3, 0.4) is 0 Å². The Labute approximate surface area is 167 Å². The highest BCUT2D eigenvalue weighted by atomic mass is 32.1. The van der Waals surface area contributed by atoms with Crippen LogP contribution in [0.2, 0.25) is 0 Å². The zero-order chi connectivity index (χ0) is 19.7. The molecule has 0 aliphatic carbocycles. The van der Waals surface area contributed by atoms with Crippen LogP contribution in [0.5, 0.6) is 0 Å². The van der Waals surface area contributed by atoms with Crippen molar-refractivity contribution in [2.75, 3.05) is 25.5 Å². The molecule has 1 N–H and O–H groups in total. The first-order valence-electron chi connectivity index (χ1n) is 9.33. The van der Waals surface area contributed by atoms with Gasteiger partial charge in [0.15, 0.2) is 5.69 Å². The van der Waals surface area contributed by atoms with Crippen molar-refractivity contribution < 1.29 is 9.53 Å². The van der Waals surface area contributed by atoms with Crippen molar-refractivity contribution in [3.63, 3.8) is 0 Å². The average Bonchev–Trinajstić information content (AvgIpc) is 3.33. The summed E-state index contributed by atoms with van der Waals surface area (Å²) in [4.78, 5) is 29.7. The number of ether oxygens (including phenoxy) is 1. The van der Waals surface area contributed by atoms with Crippen LogP contribution >= 0.6 is 11.3 Å². The average molecular weight is 398 g/mol. The maximum absolute atomic E-state index is 13.2. The first-order chi connectivity index (χ1) is 13.5. The number of likely N-dealkylation sites (tertiary alicyclic amines) is 1. The number of fused-ring (bicyclic) bond motifs is 1. The summed E-state index contributed by atoms with van der Waals surface area (Å²) in [5.41, 5.74) is 2.14. The molecule has 2 atom stereocenters. The van der Waals surface area contributed by atoms with Gasteiger partial charge in [-0.2, -0.15) is 0 Å². The molecule has 4 heterocycles. The van der Waals surface area contributed by atoms with Crippen LogP contribution in [0, 0.1) is 6.92 Å². The van der Waals surface area contributed by atoms with E-state index in [4.69, 9.17) is 4.74 Å². The van der Waals surface area contributed by atoms with Gasteiger partial charge in [-0.25, -0.2) is 9.97 Å². The molecule has 146 valence electrons. The van der Waals surface area contributed by atoms with Crippen LogP contribution in [-0.4, -0.2) is 52.1 Å². The van der Waals surface area contributed by atoms with Crippen molar-refractivity contribution in [2.24, 2.45) is 0 Å². The predicted octanol–water partition coefficient (Wildman–Crippen LogP) is 3.43. The Bertz CT molecular complexity index is 991. The van der Waals surface area contributed by atoms with E-state index >= 15 is 0 Å². The summed E-state index contributed by atoms with van der Waals surface area (Å²) in [5, 5.41) is 3.29. The number of pyridine rings is 1. The fourth-order valence-electron chi connectivity index (χ4n) is 3.41. The molecule has 3 aromatic rings. The fraction of sp³-hybridized carbons (Fsp3) is 0.400. The second-order valence-electron chi connectivity index (χ2n) is 6.99. The number of aromatic nitrogens is 3. The Kier molecular flexibility index (Phi) is 5.23. The van der Waals surface area contributed by atoms with Crippen molar-refractivity contribution in [3.8, 4) is 0 Å². The van der Waals surface area contributed by atoms with Gasteiger partial charge < -0.3 is 15.0 Å². The molecule has 0 aromatic carbocycles. The van der Waals surface area contributed by atoms with E-state index in [0.29, 0.717) is 24.7 Å². The van der Waals surface area contributed by atoms with Gasteiger partial charge in [-0.15, -0.1) is 11.3 Å². The molecule has 8 heteroatoms. The summed E-state index contributed by atoms with van der Waals surface area (Å²) in [6.45, 7) is 5.29. The largest absolute Gasteiger partial charge is 0.380 e. The molecule has 0 saturated carbocycles. The van der Waals surface area contributed by atoms with Gasteiger partial charge in [0.2, 0.25) is 5.95 Å². The Hall–Kier alpha value is -2.58. The number of nitrogens with zero attached hydrogens (tertiary/aromatic N) is 4. The zero-order valence-corrected chi connectivity index (χ0v) is 17.0. The number of amides is 1. The lowest BCUT2D eigenvalue weighted by atomic mass is 10.2. The van der Waals surface area contributed by atoms with Gasteiger partial charge in [0.1, 0.15) is 0 Å². The third-order valence-electron chi connectivity index (χ3n) is 4.94. The van der Waals surface area contributed by atoms with Crippen LogP contribution in [0.25, 0.3) is 10.2 Å². The molecule has 7 nitrogen and oxygen atoms in total. The van der Waals surface area contributed by atoms with Gasteiger partial charge in [0, 0.05) is 31.3 Å². The summed E-state index contributed by atoms with van der Waals surface area (Å²) in [5.74, 6) is 0.372. The number of thiophene rings is 1. The number of hydrogen-bond donors (Lipinski definition) is 1. The van der Waals surface area contributed by atoms with E-state index in [-0.39, 0.29) is 18.1 Å². The van der Waals surface area contributed by atoms with E-state index in [2.05, 4.69) is 20.3 Å². The molecule has 0 bridgehead atoms. The van der Waals surface area contributed by atoms with Crippen LogP contribution in [0.4, 0.5) is 5.95 Å². The fourth-order valence-corrected chi connectivity index (χ4v) is 4.34. The summed E-state index contributed by atoms with van der Waals surface area (Å²) in [6, 6.07) is 7.70. The topological polar surface area (TPSA) is 80.2 Å². The van der Waals surface area contributed by atoms with Crippen molar-refractivity contribution in [1.29, 1.82) is 0 Å². The standard InChI is InChI=1S/C20H23N5O2S/c1-12-10-16-18(28-12)17(19(26)25-9-7-14(11-25)27-3)24-20(23-16)22-13(2)15-6-4-5-8-21-15/h4-6,8,10,13-14H,7,9,11H2,1-3H3,(H,22,23,24)/t13?,14-/m0/s1. The molecule has 1 aliphatic rings. The third kappa shape index (κ3) is 3.70. The maximum Gasteiger partial charge on any atom is 0.274 e. The highest BCUT2D eigenvalue weighted by Gasteiger charge is 2.29. The summed E-state index contributed by atoms with van der Waals surface area (Å²) in [6.07, 6.45) is 2.70. The van der Waals surface area contributed by atoms with Crippen LogP contribution in [0.15, 0.2) is 30.5 Å². The minimum Gasteiger partial charge on any atom is -0.380 e. The van der Waals surface area contributed by atoms with Gasteiger partial charge in [-0.1, -0.05) is 6.07 Å². The predicted molar refractivity (Wildman–Crippen MR) is 110 cm³/mol. The number of carbonyl (C=O) groups excluding carboxylic acids is 1. The van der Waals surface area contributed by atoms with E-state index in [9.17, 15) is 4.79 Å². The quantitative estimate of drug-likeness (QED) is 0.710. The maximum atomic E-state index is 13.2. The van der Waals surface area contributed by atoms with Gasteiger partial charge in [-0.05, 0) is 38.5 Å². The molecule has 1 aliphatic heterocycles. The molecule has 0 spiro atoms. The molecule has 1 unspecified atom stereocenters. The van der Waals surface area contributed by atoms with Gasteiger partial charge >= 0.3 is 0 Å². The first-order valence-corrected chi connectivity index (χ1v) is 10.1. The number of anilines is 1. The molecular weight excluding hydrogens is 374 g/mol. The van der Waals surface area contributed by atoms with Crippen molar-refractivity contribution in [3.05, 3.63) is 46.7 Å². The Balaban J connectivity index is 1.66. The summed E-state index contributed by atoms with van der Waals surface area (Å²) in [7, 11) is 1.69. The Morgan fingerprint density at radius 1 is 1.39 bits per heavy atom. The molecule has 1 saturated heterocycles. The lowest BCUT2D eigenvalue weighted by molar-refractivity contribution is 0.0721. The Morgan fingerprint density at radius 3 is 2.96 bits per heavy atom. The monoisotopic (exact) mass is 397 g/mol. The smallest absolute Gasteiger partial charge is 0.274 e. The van der Waals surface area contributed by atoms with Crippen molar-refractivity contribution in [1.82, 2.24) is 19.9 Å². The molecule has 1 amide bonds. The number of aryl methyl sites for hydroxylation is 1. The van der Waals surface area contributed by atoms with E-state index < -0.39 is 0 Å². The molecule has 28 heavy (non-hydrogen) atoms. The Morgan fingerprint density at radius 2 is 2.25 bits per heavy atom. The molecule has 0 radical (unpaired) electrons. The summed E-state index contributed by atoms with van der Waals surface area (Å²) < 4.78 is 6.23. The number of rotatable bonds is 5.